The van der Waals surface area contributed by atoms with Crippen molar-refractivity contribution in [3.63, 3.8) is 0 Å². The van der Waals surface area contributed by atoms with Crippen molar-refractivity contribution >= 4 is 33.2 Å². The van der Waals surface area contributed by atoms with Gasteiger partial charge < -0.3 is 10.0 Å². The number of carboxylic acids is 1. The number of thiophene rings is 1. The van der Waals surface area contributed by atoms with Crippen LogP contribution in [-0.2, 0) is 14.8 Å². The van der Waals surface area contributed by atoms with Gasteiger partial charge in [-0.3, -0.25) is 4.79 Å². The van der Waals surface area contributed by atoms with E-state index in [1.807, 2.05) is 0 Å². The number of sulfonamides is 1. The van der Waals surface area contributed by atoms with Gasteiger partial charge in [0.15, 0.2) is 0 Å². The number of amides is 1. The van der Waals surface area contributed by atoms with Crippen molar-refractivity contribution in [3.05, 3.63) is 16.3 Å². The van der Waals surface area contributed by atoms with Crippen LogP contribution in [-0.4, -0.2) is 61.3 Å². The molecule has 0 aliphatic rings. The average molecular weight is 334 g/mol. The van der Waals surface area contributed by atoms with Crippen LogP contribution < -0.4 is 0 Å². The zero-order chi connectivity index (χ0) is 16.2. The third kappa shape index (κ3) is 3.80. The largest absolute Gasteiger partial charge is 0.477 e. The molecule has 0 aromatic carbocycles. The zero-order valence-electron chi connectivity index (χ0n) is 12.1. The Kier molecular flexibility index (Phi) is 5.87. The number of carboxylic acid groups (broad SMARTS) is 1. The van der Waals surface area contributed by atoms with E-state index in [-0.39, 0.29) is 22.2 Å². The standard InChI is InChI=1S/C12H18N2O5S2/c1-4-14(5-2)10(15)8-13(3)21(18,19)9-6-7-20-11(9)12(16)17/h6-7H,4-5,8H2,1-3H3,(H,16,17). The first-order chi connectivity index (χ1) is 9.75. The summed E-state index contributed by atoms with van der Waals surface area (Å²) in [7, 11) is -2.74. The number of likely N-dealkylation sites (N-methyl/N-ethyl adjacent to an activating group) is 2. The monoisotopic (exact) mass is 334 g/mol. The molecule has 0 radical (unpaired) electrons. The highest BCUT2D eigenvalue weighted by Crippen LogP contribution is 2.24. The normalized spacial score (nSPS) is 11.6. The van der Waals surface area contributed by atoms with Crippen molar-refractivity contribution in [2.24, 2.45) is 0 Å². The average Bonchev–Trinajstić information content (AvgIpc) is 2.89. The molecule has 0 fully saturated rings. The van der Waals surface area contributed by atoms with Crippen LogP contribution in [0.5, 0.6) is 0 Å². The molecule has 21 heavy (non-hydrogen) atoms. The van der Waals surface area contributed by atoms with E-state index in [1.54, 1.807) is 13.8 Å². The third-order valence-electron chi connectivity index (χ3n) is 2.99. The van der Waals surface area contributed by atoms with Gasteiger partial charge in [0.2, 0.25) is 15.9 Å². The van der Waals surface area contributed by atoms with E-state index in [9.17, 15) is 18.0 Å². The number of carbonyl (C=O) groups is 2. The van der Waals surface area contributed by atoms with E-state index in [0.717, 1.165) is 15.6 Å². The number of hydrogen-bond acceptors (Lipinski definition) is 5. The van der Waals surface area contributed by atoms with Crippen LogP contribution in [0.3, 0.4) is 0 Å². The summed E-state index contributed by atoms with van der Waals surface area (Å²) in [5.41, 5.74) is 0. The van der Waals surface area contributed by atoms with Gasteiger partial charge in [0.25, 0.3) is 0 Å². The highest BCUT2D eigenvalue weighted by atomic mass is 32.2. The molecular formula is C12H18N2O5S2. The van der Waals surface area contributed by atoms with E-state index < -0.39 is 16.0 Å². The van der Waals surface area contributed by atoms with E-state index in [4.69, 9.17) is 5.11 Å². The lowest BCUT2D eigenvalue weighted by atomic mass is 10.4. The molecule has 0 saturated heterocycles. The van der Waals surface area contributed by atoms with Crippen LogP contribution >= 0.6 is 11.3 Å². The van der Waals surface area contributed by atoms with Crippen LogP contribution in [0.1, 0.15) is 23.5 Å². The second kappa shape index (κ2) is 7.01. The van der Waals surface area contributed by atoms with Gasteiger partial charge in [-0.2, -0.15) is 4.31 Å². The summed E-state index contributed by atoms with van der Waals surface area (Å²) in [4.78, 5) is 24.0. The highest BCUT2D eigenvalue weighted by molar-refractivity contribution is 7.89. The lowest BCUT2D eigenvalue weighted by Gasteiger charge is -2.22. The Labute approximate surface area is 127 Å². The van der Waals surface area contributed by atoms with E-state index in [1.165, 1.54) is 23.4 Å². The Bertz CT molecular complexity index is 619. The van der Waals surface area contributed by atoms with Gasteiger partial charge in [-0.1, -0.05) is 0 Å². The fourth-order valence-corrected chi connectivity index (χ4v) is 4.13. The van der Waals surface area contributed by atoms with Crippen LogP contribution in [0, 0.1) is 0 Å². The van der Waals surface area contributed by atoms with Crippen molar-refractivity contribution in [1.29, 1.82) is 0 Å². The number of rotatable bonds is 7. The minimum absolute atomic E-state index is 0.253. The lowest BCUT2D eigenvalue weighted by Crippen LogP contribution is -2.41. The number of nitrogens with zero attached hydrogens (tertiary/aromatic N) is 2. The van der Waals surface area contributed by atoms with Crippen LogP contribution in [0.4, 0.5) is 0 Å². The molecule has 0 aliphatic heterocycles. The molecule has 118 valence electrons. The minimum atomic E-state index is -4.00. The van der Waals surface area contributed by atoms with Crippen LogP contribution in [0.25, 0.3) is 0 Å². The van der Waals surface area contributed by atoms with Crippen molar-refractivity contribution < 1.29 is 23.1 Å². The first-order valence-electron chi connectivity index (χ1n) is 6.30. The summed E-state index contributed by atoms with van der Waals surface area (Å²) >= 11 is 0.835. The number of hydrogen-bond donors (Lipinski definition) is 1. The first kappa shape index (κ1) is 17.6. The fourth-order valence-electron chi connectivity index (χ4n) is 1.78. The first-order valence-corrected chi connectivity index (χ1v) is 8.62. The fraction of sp³-hybridized carbons (Fsp3) is 0.500. The molecule has 1 aromatic heterocycles. The van der Waals surface area contributed by atoms with Crippen molar-refractivity contribution in [2.45, 2.75) is 18.7 Å². The predicted molar refractivity (Wildman–Crippen MR) is 79.0 cm³/mol. The molecule has 1 N–H and O–H groups in total. The van der Waals surface area contributed by atoms with Crippen molar-refractivity contribution in [1.82, 2.24) is 9.21 Å². The molecule has 1 heterocycles. The van der Waals surface area contributed by atoms with Gasteiger partial charge in [-0.05, 0) is 25.3 Å². The lowest BCUT2D eigenvalue weighted by molar-refractivity contribution is -0.130. The zero-order valence-corrected chi connectivity index (χ0v) is 13.7. The molecule has 0 unspecified atom stereocenters. The molecule has 0 spiro atoms. The second-order valence-electron chi connectivity index (χ2n) is 4.25. The Balaban J connectivity index is 3.00. The van der Waals surface area contributed by atoms with Crippen LogP contribution in [0.2, 0.25) is 0 Å². The Hall–Kier alpha value is -1.45. The molecule has 7 nitrogen and oxygen atoms in total. The molecule has 1 rings (SSSR count). The molecule has 0 bridgehead atoms. The van der Waals surface area contributed by atoms with Crippen molar-refractivity contribution in [2.75, 3.05) is 26.7 Å². The summed E-state index contributed by atoms with van der Waals surface area (Å²) in [6.45, 7) is 4.26. The smallest absolute Gasteiger partial charge is 0.347 e. The Morgan fingerprint density at radius 3 is 2.33 bits per heavy atom. The summed E-state index contributed by atoms with van der Waals surface area (Å²) in [5.74, 6) is -1.62. The van der Waals surface area contributed by atoms with E-state index in [0.29, 0.717) is 13.1 Å². The van der Waals surface area contributed by atoms with E-state index >= 15 is 0 Å². The van der Waals surface area contributed by atoms with Gasteiger partial charge in [0.05, 0.1) is 6.54 Å². The highest BCUT2D eigenvalue weighted by Gasteiger charge is 2.29. The van der Waals surface area contributed by atoms with Gasteiger partial charge in [-0.25, -0.2) is 13.2 Å². The van der Waals surface area contributed by atoms with Gasteiger partial charge >= 0.3 is 5.97 Å². The number of aromatic carboxylic acids is 1. The second-order valence-corrected chi connectivity index (χ2v) is 7.18. The predicted octanol–water partition coefficient (Wildman–Crippen LogP) is 0.935. The third-order valence-corrected chi connectivity index (χ3v) is 5.86. The maximum atomic E-state index is 12.4. The van der Waals surface area contributed by atoms with Crippen LogP contribution in [0.15, 0.2) is 16.3 Å². The molecule has 0 atom stereocenters. The van der Waals surface area contributed by atoms with Gasteiger partial charge in [0, 0.05) is 20.1 Å². The molecular weight excluding hydrogens is 316 g/mol. The summed E-state index contributed by atoms with van der Waals surface area (Å²) in [6.07, 6.45) is 0. The van der Waals surface area contributed by atoms with Gasteiger partial charge in [-0.15, -0.1) is 11.3 Å². The van der Waals surface area contributed by atoms with Crippen molar-refractivity contribution in [3.8, 4) is 0 Å². The number of carbonyl (C=O) groups excluding carboxylic acids is 1. The van der Waals surface area contributed by atoms with Gasteiger partial charge in [0.1, 0.15) is 9.77 Å². The summed E-state index contributed by atoms with van der Waals surface area (Å²) < 4.78 is 25.6. The summed E-state index contributed by atoms with van der Waals surface area (Å²) in [6, 6.07) is 1.24. The molecule has 9 heteroatoms. The summed E-state index contributed by atoms with van der Waals surface area (Å²) in [5, 5.41) is 10.4. The molecule has 1 aromatic rings. The quantitative estimate of drug-likeness (QED) is 0.800. The topological polar surface area (TPSA) is 95.0 Å². The minimum Gasteiger partial charge on any atom is -0.477 e. The maximum absolute atomic E-state index is 12.4. The molecule has 1 amide bonds. The maximum Gasteiger partial charge on any atom is 0.347 e. The Morgan fingerprint density at radius 1 is 1.29 bits per heavy atom. The Morgan fingerprint density at radius 2 is 1.86 bits per heavy atom. The SMILES string of the molecule is CCN(CC)C(=O)CN(C)S(=O)(=O)c1ccsc1C(=O)O. The van der Waals surface area contributed by atoms with E-state index in [2.05, 4.69) is 0 Å². The molecule has 0 aliphatic carbocycles. The molecule has 0 saturated carbocycles.